The summed E-state index contributed by atoms with van der Waals surface area (Å²) in [5.41, 5.74) is 1.32. The molecule has 3 aromatic rings. The highest BCUT2D eigenvalue weighted by Gasteiger charge is 2.15. The molecule has 1 aromatic carbocycles. The first-order valence-corrected chi connectivity index (χ1v) is 8.21. The highest BCUT2D eigenvalue weighted by molar-refractivity contribution is 9.10. The summed E-state index contributed by atoms with van der Waals surface area (Å²) in [5.74, 6) is 0.585. The molecule has 120 valence electrons. The normalized spacial score (nSPS) is 12.6. The largest absolute Gasteiger partial charge is 0.387 e. The molecule has 0 amide bonds. The molecule has 6 nitrogen and oxygen atoms in total. The highest BCUT2D eigenvalue weighted by atomic mass is 79.9. The Hall–Kier alpha value is -1.41. The predicted octanol–water partition coefficient (Wildman–Crippen LogP) is 3.58. The van der Waals surface area contributed by atoms with Gasteiger partial charge in [0.2, 0.25) is 0 Å². The number of halogens is 3. The molecule has 0 saturated heterocycles. The molecule has 3 rings (SSSR count). The molecule has 2 heterocycles. The number of aliphatic hydroxyl groups is 1. The Kier molecular flexibility index (Phi) is 4.72. The average molecular weight is 417 g/mol. The lowest BCUT2D eigenvalue weighted by atomic mass is 10.1. The molecule has 2 aromatic heterocycles. The summed E-state index contributed by atoms with van der Waals surface area (Å²) in [6.45, 7) is 0.240. The van der Waals surface area contributed by atoms with Crippen LogP contribution in [0.4, 0.5) is 5.82 Å². The number of benzene rings is 1. The van der Waals surface area contributed by atoms with Gasteiger partial charge >= 0.3 is 0 Å². The monoisotopic (exact) mass is 415 g/mol. The van der Waals surface area contributed by atoms with E-state index in [0.29, 0.717) is 31.7 Å². The van der Waals surface area contributed by atoms with Gasteiger partial charge in [-0.15, -0.1) is 0 Å². The lowest BCUT2D eigenvalue weighted by Gasteiger charge is -2.14. The van der Waals surface area contributed by atoms with E-state index in [2.05, 4.69) is 36.3 Å². The smallest absolute Gasteiger partial charge is 0.164 e. The average Bonchev–Trinajstić information content (AvgIpc) is 2.79. The van der Waals surface area contributed by atoms with Gasteiger partial charge in [-0.25, -0.2) is 14.6 Å². The number of rotatable bonds is 4. The van der Waals surface area contributed by atoms with Crippen LogP contribution in [0.1, 0.15) is 11.7 Å². The van der Waals surface area contributed by atoms with Crippen molar-refractivity contribution in [2.75, 3.05) is 11.9 Å². The van der Waals surface area contributed by atoms with Crippen LogP contribution < -0.4 is 5.32 Å². The third-order valence-corrected chi connectivity index (χ3v) is 4.30. The topological polar surface area (TPSA) is 75.9 Å². The van der Waals surface area contributed by atoms with Gasteiger partial charge in [0.05, 0.1) is 11.5 Å². The number of nitrogens with zero attached hydrogens (tertiary/aromatic N) is 4. The third kappa shape index (κ3) is 3.42. The van der Waals surface area contributed by atoms with Crippen LogP contribution in [-0.2, 0) is 7.05 Å². The zero-order valence-corrected chi connectivity index (χ0v) is 15.1. The lowest BCUT2D eigenvalue weighted by molar-refractivity contribution is 0.191. The first kappa shape index (κ1) is 16.4. The molecule has 0 aliphatic rings. The Balaban J connectivity index is 1.83. The van der Waals surface area contributed by atoms with Crippen LogP contribution >= 0.6 is 39.1 Å². The molecule has 0 spiro atoms. The van der Waals surface area contributed by atoms with E-state index in [4.69, 9.17) is 23.2 Å². The van der Waals surface area contributed by atoms with Crippen molar-refractivity contribution < 1.29 is 5.11 Å². The van der Waals surface area contributed by atoms with Crippen molar-refractivity contribution in [3.8, 4) is 0 Å². The quantitative estimate of drug-likeness (QED) is 0.679. The molecular formula is C14H12BrCl2N5O. The summed E-state index contributed by atoms with van der Waals surface area (Å²) in [4.78, 5) is 8.41. The summed E-state index contributed by atoms with van der Waals surface area (Å²) in [6.07, 6.45) is 0.660. The molecular weight excluding hydrogens is 405 g/mol. The van der Waals surface area contributed by atoms with Crippen molar-refractivity contribution in [1.82, 2.24) is 19.7 Å². The van der Waals surface area contributed by atoms with Crippen LogP contribution in [0.5, 0.6) is 0 Å². The Morgan fingerprint density at radius 1 is 1.26 bits per heavy atom. The zero-order chi connectivity index (χ0) is 16.6. The van der Waals surface area contributed by atoms with E-state index in [1.165, 1.54) is 6.33 Å². The summed E-state index contributed by atoms with van der Waals surface area (Å²) < 4.78 is 2.29. The summed E-state index contributed by atoms with van der Waals surface area (Å²) >= 11 is 15.3. The van der Waals surface area contributed by atoms with Gasteiger partial charge in [0.1, 0.15) is 16.7 Å². The maximum atomic E-state index is 10.3. The van der Waals surface area contributed by atoms with Crippen LogP contribution in [0.3, 0.4) is 0 Å². The number of hydrogen-bond acceptors (Lipinski definition) is 5. The number of anilines is 1. The second kappa shape index (κ2) is 6.60. The zero-order valence-electron chi connectivity index (χ0n) is 12.0. The van der Waals surface area contributed by atoms with Crippen molar-refractivity contribution in [2.24, 2.45) is 7.05 Å². The predicted molar refractivity (Wildman–Crippen MR) is 93.9 cm³/mol. The van der Waals surface area contributed by atoms with E-state index >= 15 is 0 Å². The van der Waals surface area contributed by atoms with E-state index in [0.717, 1.165) is 5.39 Å². The van der Waals surface area contributed by atoms with Crippen molar-refractivity contribution in [3.05, 3.63) is 44.7 Å². The van der Waals surface area contributed by atoms with Crippen LogP contribution in [0, 0.1) is 0 Å². The molecule has 0 aliphatic carbocycles. The fraction of sp³-hybridized carbons (Fsp3) is 0.214. The summed E-state index contributed by atoms with van der Waals surface area (Å²) in [5, 5.41) is 19.4. The van der Waals surface area contributed by atoms with Gasteiger partial charge in [-0.3, -0.25) is 0 Å². The first-order valence-electron chi connectivity index (χ1n) is 6.67. The molecule has 0 bridgehead atoms. The van der Waals surface area contributed by atoms with Crippen molar-refractivity contribution >= 4 is 56.0 Å². The Morgan fingerprint density at radius 3 is 2.65 bits per heavy atom. The van der Waals surface area contributed by atoms with Gasteiger partial charge in [-0.05, 0) is 39.7 Å². The van der Waals surface area contributed by atoms with E-state index < -0.39 is 6.10 Å². The fourth-order valence-electron chi connectivity index (χ4n) is 2.25. The van der Waals surface area contributed by atoms with Crippen LogP contribution in [-0.4, -0.2) is 31.4 Å². The van der Waals surface area contributed by atoms with Crippen LogP contribution in [0.25, 0.3) is 11.0 Å². The molecule has 1 unspecified atom stereocenters. The molecule has 0 fully saturated rings. The Bertz CT molecular complexity index is 849. The van der Waals surface area contributed by atoms with Crippen molar-refractivity contribution in [3.63, 3.8) is 0 Å². The van der Waals surface area contributed by atoms with Crippen LogP contribution in [0.2, 0.25) is 10.0 Å². The Morgan fingerprint density at radius 2 is 1.96 bits per heavy atom. The van der Waals surface area contributed by atoms with Gasteiger partial charge in [0, 0.05) is 23.6 Å². The number of aliphatic hydroxyl groups excluding tert-OH is 1. The van der Waals surface area contributed by atoms with E-state index in [9.17, 15) is 5.11 Å². The highest BCUT2D eigenvalue weighted by Crippen LogP contribution is 2.28. The number of hydrogen-bond donors (Lipinski definition) is 2. The minimum atomic E-state index is -0.785. The lowest BCUT2D eigenvalue weighted by Crippen LogP contribution is -2.13. The second-order valence-corrected chi connectivity index (χ2v) is 6.56. The molecule has 0 saturated carbocycles. The van der Waals surface area contributed by atoms with E-state index in [-0.39, 0.29) is 6.54 Å². The Labute approximate surface area is 150 Å². The maximum Gasteiger partial charge on any atom is 0.164 e. The standard InChI is InChI=1S/C14H12BrCl2N5O/c1-22-14-11(12(15)21-22)13(19-6-20-14)18-5-10(23)7-2-8(16)4-9(17)3-7/h2-4,6,10,23H,5H2,1H3,(H,18,19,20). The number of aryl methyl sites for hydroxylation is 1. The molecule has 1 atom stereocenters. The van der Waals surface area contributed by atoms with Crippen molar-refractivity contribution in [1.29, 1.82) is 0 Å². The van der Waals surface area contributed by atoms with Gasteiger partial charge < -0.3 is 10.4 Å². The summed E-state index contributed by atoms with van der Waals surface area (Å²) in [7, 11) is 1.80. The van der Waals surface area contributed by atoms with Crippen LogP contribution in [0.15, 0.2) is 29.1 Å². The number of fused-ring (bicyclic) bond motifs is 1. The molecule has 2 N–H and O–H groups in total. The van der Waals surface area contributed by atoms with Gasteiger partial charge in [0.25, 0.3) is 0 Å². The van der Waals surface area contributed by atoms with Gasteiger partial charge in [-0.2, -0.15) is 5.10 Å². The number of aromatic nitrogens is 4. The minimum Gasteiger partial charge on any atom is -0.387 e. The van der Waals surface area contributed by atoms with Gasteiger partial charge in [0.15, 0.2) is 5.65 Å². The molecule has 23 heavy (non-hydrogen) atoms. The first-order chi connectivity index (χ1) is 11.0. The SMILES string of the molecule is Cn1nc(Br)c2c(NCC(O)c3cc(Cl)cc(Cl)c3)ncnc21. The second-order valence-electron chi connectivity index (χ2n) is 4.93. The third-order valence-electron chi connectivity index (χ3n) is 3.31. The van der Waals surface area contributed by atoms with E-state index in [1.54, 1.807) is 29.9 Å². The van der Waals surface area contributed by atoms with Gasteiger partial charge in [-0.1, -0.05) is 23.2 Å². The van der Waals surface area contributed by atoms with E-state index in [1.807, 2.05) is 0 Å². The maximum absolute atomic E-state index is 10.3. The molecule has 9 heteroatoms. The number of nitrogens with one attached hydrogen (secondary N) is 1. The minimum absolute atomic E-state index is 0.240. The summed E-state index contributed by atoms with van der Waals surface area (Å²) in [6, 6.07) is 4.97. The molecule has 0 radical (unpaired) electrons. The van der Waals surface area contributed by atoms with Crippen molar-refractivity contribution in [2.45, 2.75) is 6.10 Å². The fourth-order valence-corrected chi connectivity index (χ4v) is 3.40. The molecule has 0 aliphatic heterocycles.